The van der Waals surface area contributed by atoms with E-state index in [1.165, 1.54) is 5.56 Å². The Morgan fingerprint density at radius 3 is 2.89 bits per heavy atom. The first-order chi connectivity index (χ1) is 8.93. The Morgan fingerprint density at radius 2 is 2.00 bits per heavy atom. The summed E-state index contributed by atoms with van der Waals surface area (Å²) in [6.07, 6.45) is 5.67. The molecule has 0 radical (unpaired) electrons. The molecule has 3 aromatic heterocycles. The first-order valence-corrected chi connectivity index (χ1v) is 5.95. The van der Waals surface area contributed by atoms with Crippen molar-refractivity contribution in [3.8, 4) is 0 Å². The Bertz CT molecular complexity index is 630. The fraction of sp³-hybridized carbons (Fsp3) is 0.143. The Balaban J connectivity index is 1.67. The summed E-state index contributed by atoms with van der Waals surface area (Å²) in [6.45, 7) is 1.56. The van der Waals surface area contributed by atoms with Crippen molar-refractivity contribution < 1.29 is 0 Å². The molecule has 4 heteroatoms. The highest BCUT2D eigenvalue weighted by atomic mass is 15.2. The van der Waals surface area contributed by atoms with E-state index in [4.69, 9.17) is 0 Å². The third-order valence-electron chi connectivity index (χ3n) is 2.85. The Kier molecular flexibility index (Phi) is 3.02. The summed E-state index contributed by atoms with van der Waals surface area (Å²) in [5, 5.41) is 7.69. The van der Waals surface area contributed by atoms with E-state index in [0.717, 1.165) is 24.3 Å². The molecular weight excluding hydrogens is 224 g/mol. The van der Waals surface area contributed by atoms with Gasteiger partial charge in [0.1, 0.15) is 0 Å². The topological polar surface area (TPSA) is 42.2 Å². The van der Waals surface area contributed by atoms with E-state index in [2.05, 4.69) is 21.5 Å². The zero-order valence-electron chi connectivity index (χ0n) is 9.95. The van der Waals surface area contributed by atoms with Crippen molar-refractivity contribution in [2.75, 3.05) is 0 Å². The molecule has 4 nitrogen and oxygen atoms in total. The summed E-state index contributed by atoms with van der Waals surface area (Å²) in [5.41, 5.74) is 3.39. The summed E-state index contributed by atoms with van der Waals surface area (Å²) in [6, 6.07) is 12.0. The lowest BCUT2D eigenvalue weighted by atomic mass is 10.2. The molecule has 18 heavy (non-hydrogen) atoms. The summed E-state index contributed by atoms with van der Waals surface area (Å²) in [4.78, 5) is 4.28. The fourth-order valence-electron chi connectivity index (χ4n) is 1.95. The van der Waals surface area contributed by atoms with Crippen LogP contribution in [0.25, 0.3) is 5.52 Å². The van der Waals surface area contributed by atoms with Crippen LogP contribution in [-0.4, -0.2) is 14.6 Å². The first-order valence-electron chi connectivity index (χ1n) is 5.95. The van der Waals surface area contributed by atoms with Crippen molar-refractivity contribution in [1.82, 2.24) is 19.9 Å². The van der Waals surface area contributed by atoms with Crippen LogP contribution in [0.15, 0.2) is 55.0 Å². The standard InChI is InChI=1S/C14H14N4/c1-3-7-16-13(5-1)11-15-9-12-10-17-18-8-4-2-6-14(12)18/h1-8,10,15H,9,11H2. The average Bonchev–Trinajstić information content (AvgIpc) is 2.84. The molecule has 0 aliphatic rings. The van der Waals surface area contributed by atoms with Crippen LogP contribution in [0.5, 0.6) is 0 Å². The molecule has 0 aliphatic heterocycles. The van der Waals surface area contributed by atoms with Crippen LogP contribution >= 0.6 is 0 Å². The van der Waals surface area contributed by atoms with Gasteiger partial charge >= 0.3 is 0 Å². The van der Waals surface area contributed by atoms with Crippen LogP contribution in [-0.2, 0) is 13.1 Å². The largest absolute Gasteiger partial charge is 0.307 e. The normalized spacial score (nSPS) is 10.9. The third-order valence-corrected chi connectivity index (χ3v) is 2.85. The van der Waals surface area contributed by atoms with Gasteiger partial charge in [0.15, 0.2) is 0 Å². The zero-order chi connectivity index (χ0) is 12.2. The molecule has 0 spiro atoms. The number of nitrogens with zero attached hydrogens (tertiary/aromatic N) is 3. The average molecular weight is 238 g/mol. The number of hydrogen-bond acceptors (Lipinski definition) is 3. The maximum Gasteiger partial charge on any atom is 0.0706 e. The number of nitrogens with one attached hydrogen (secondary N) is 1. The number of fused-ring (bicyclic) bond motifs is 1. The molecular formula is C14H14N4. The molecule has 0 amide bonds. The number of rotatable bonds is 4. The van der Waals surface area contributed by atoms with Crippen molar-refractivity contribution in [3.63, 3.8) is 0 Å². The lowest BCUT2D eigenvalue weighted by Crippen LogP contribution is -2.13. The predicted molar refractivity (Wildman–Crippen MR) is 70.0 cm³/mol. The van der Waals surface area contributed by atoms with Gasteiger partial charge in [-0.05, 0) is 24.3 Å². The van der Waals surface area contributed by atoms with Gasteiger partial charge in [0.05, 0.1) is 17.4 Å². The predicted octanol–water partition coefficient (Wildman–Crippen LogP) is 2.02. The minimum atomic E-state index is 0.769. The van der Waals surface area contributed by atoms with Crippen molar-refractivity contribution in [2.24, 2.45) is 0 Å². The van der Waals surface area contributed by atoms with Gasteiger partial charge in [-0.1, -0.05) is 12.1 Å². The van der Waals surface area contributed by atoms with Crippen LogP contribution in [0.2, 0.25) is 0 Å². The molecule has 0 aromatic carbocycles. The minimum Gasteiger partial charge on any atom is -0.307 e. The SMILES string of the molecule is c1ccc(CNCc2cnn3ccccc23)nc1. The maximum absolute atomic E-state index is 4.31. The summed E-state index contributed by atoms with van der Waals surface area (Å²) in [5.74, 6) is 0. The lowest BCUT2D eigenvalue weighted by Gasteiger charge is -2.03. The van der Waals surface area contributed by atoms with Crippen LogP contribution in [0.4, 0.5) is 0 Å². The molecule has 0 unspecified atom stereocenters. The van der Waals surface area contributed by atoms with E-state index in [1.807, 2.05) is 53.4 Å². The Hall–Kier alpha value is -2.20. The van der Waals surface area contributed by atoms with Gasteiger partial charge in [0.25, 0.3) is 0 Å². The maximum atomic E-state index is 4.31. The summed E-state index contributed by atoms with van der Waals surface area (Å²) < 4.78 is 1.89. The van der Waals surface area contributed by atoms with E-state index in [0.29, 0.717) is 0 Å². The van der Waals surface area contributed by atoms with Gasteiger partial charge < -0.3 is 5.32 Å². The Labute approximate surface area is 105 Å². The molecule has 0 aliphatic carbocycles. The molecule has 0 bridgehead atoms. The minimum absolute atomic E-state index is 0.769. The first kappa shape index (κ1) is 10.9. The fourth-order valence-corrected chi connectivity index (χ4v) is 1.95. The van der Waals surface area contributed by atoms with Crippen LogP contribution < -0.4 is 5.32 Å². The van der Waals surface area contributed by atoms with Crippen molar-refractivity contribution in [1.29, 1.82) is 0 Å². The van der Waals surface area contributed by atoms with E-state index in [1.54, 1.807) is 0 Å². The molecule has 1 N–H and O–H groups in total. The second-order valence-corrected chi connectivity index (χ2v) is 4.12. The smallest absolute Gasteiger partial charge is 0.0706 e. The van der Waals surface area contributed by atoms with Crippen LogP contribution in [0.1, 0.15) is 11.3 Å². The molecule has 3 heterocycles. The van der Waals surface area contributed by atoms with Gasteiger partial charge in [-0.15, -0.1) is 0 Å². The molecule has 0 saturated heterocycles. The van der Waals surface area contributed by atoms with E-state index in [9.17, 15) is 0 Å². The molecule has 3 rings (SSSR count). The van der Waals surface area contributed by atoms with Crippen molar-refractivity contribution >= 4 is 5.52 Å². The summed E-state index contributed by atoms with van der Waals surface area (Å²) in [7, 11) is 0. The van der Waals surface area contributed by atoms with Crippen molar-refractivity contribution in [3.05, 3.63) is 66.2 Å². The quantitative estimate of drug-likeness (QED) is 0.756. The summed E-state index contributed by atoms with van der Waals surface area (Å²) >= 11 is 0. The van der Waals surface area contributed by atoms with E-state index < -0.39 is 0 Å². The van der Waals surface area contributed by atoms with Gasteiger partial charge in [0.2, 0.25) is 0 Å². The van der Waals surface area contributed by atoms with Gasteiger partial charge in [0, 0.05) is 31.0 Å². The van der Waals surface area contributed by atoms with Crippen LogP contribution in [0, 0.1) is 0 Å². The lowest BCUT2D eigenvalue weighted by molar-refractivity contribution is 0.682. The molecule has 90 valence electrons. The highest BCUT2D eigenvalue weighted by Crippen LogP contribution is 2.09. The molecule has 3 aromatic rings. The van der Waals surface area contributed by atoms with E-state index >= 15 is 0 Å². The van der Waals surface area contributed by atoms with Crippen LogP contribution in [0.3, 0.4) is 0 Å². The number of pyridine rings is 2. The monoisotopic (exact) mass is 238 g/mol. The van der Waals surface area contributed by atoms with E-state index in [-0.39, 0.29) is 0 Å². The second kappa shape index (κ2) is 4.98. The second-order valence-electron chi connectivity index (χ2n) is 4.12. The van der Waals surface area contributed by atoms with Crippen molar-refractivity contribution in [2.45, 2.75) is 13.1 Å². The van der Waals surface area contributed by atoms with Gasteiger partial charge in [-0.2, -0.15) is 5.10 Å². The third kappa shape index (κ3) is 2.24. The van der Waals surface area contributed by atoms with Gasteiger partial charge in [-0.25, -0.2) is 4.52 Å². The Morgan fingerprint density at radius 1 is 1.06 bits per heavy atom. The number of aromatic nitrogens is 3. The highest BCUT2D eigenvalue weighted by molar-refractivity contribution is 5.53. The number of hydrogen-bond donors (Lipinski definition) is 1. The molecule has 0 saturated carbocycles. The van der Waals surface area contributed by atoms with Gasteiger partial charge in [-0.3, -0.25) is 4.98 Å². The molecule has 0 fully saturated rings. The highest BCUT2D eigenvalue weighted by Gasteiger charge is 2.02. The zero-order valence-corrected chi connectivity index (χ0v) is 9.95. The molecule has 0 atom stereocenters.